The van der Waals surface area contributed by atoms with Gasteiger partial charge in [0.15, 0.2) is 0 Å². The van der Waals surface area contributed by atoms with Crippen molar-refractivity contribution in [3.63, 3.8) is 0 Å². The van der Waals surface area contributed by atoms with E-state index in [1.54, 1.807) is 0 Å². The molecule has 2 aliphatic rings. The SMILES string of the molecule is N#CC1=CCCC2CCC(c3ccccc3)N12. The largest absolute Gasteiger partial charge is 0.353 e. The van der Waals surface area contributed by atoms with E-state index in [0.717, 1.165) is 12.1 Å². The van der Waals surface area contributed by atoms with Crippen LogP contribution in [-0.4, -0.2) is 10.9 Å². The maximum absolute atomic E-state index is 9.24. The van der Waals surface area contributed by atoms with E-state index in [-0.39, 0.29) is 0 Å². The molecule has 86 valence electrons. The molecule has 1 saturated heterocycles. The number of rotatable bonds is 1. The van der Waals surface area contributed by atoms with E-state index in [2.05, 4.69) is 41.3 Å². The Morgan fingerprint density at radius 1 is 1.12 bits per heavy atom. The van der Waals surface area contributed by atoms with Crippen LogP contribution in [0.1, 0.15) is 37.3 Å². The number of allylic oxidation sites excluding steroid dienone is 2. The van der Waals surface area contributed by atoms with Crippen LogP contribution in [0.5, 0.6) is 0 Å². The average molecular weight is 224 g/mol. The van der Waals surface area contributed by atoms with Crippen LogP contribution in [0.25, 0.3) is 0 Å². The summed E-state index contributed by atoms with van der Waals surface area (Å²) < 4.78 is 0. The molecule has 1 aromatic carbocycles. The zero-order chi connectivity index (χ0) is 11.7. The zero-order valence-electron chi connectivity index (χ0n) is 9.84. The highest BCUT2D eigenvalue weighted by Gasteiger charge is 2.36. The van der Waals surface area contributed by atoms with E-state index in [4.69, 9.17) is 0 Å². The molecule has 0 aromatic heterocycles. The lowest BCUT2D eigenvalue weighted by Gasteiger charge is -2.34. The molecule has 3 rings (SSSR count). The maximum atomic E-state index is 9.24. The first-order chi connectivity index (χ1) is 8.40. The zero-order valence-corrected chi connectivity index (χ0v) is 9.84. The Labute approximate surface area is 102 Å². The molecular formula is C15H16N2. The van der Waals surface area contributed by atoms with Gasteiger partial charge in [0.25, 0.3) is 0 Å². The highest BCUT2D eigenvalue weighted by atomic mass is 15.2. The van der Waals surface area contributed by atoms with Crippen molar-refractivity contribution >= 4 is 0 Å². The van der Waals surface area contributed by atoms with Crippen LogP contribution in [0.15, 0.2) is 42.1 Å². The normalized spacial score (nSPS) is 27.2. The minimum atomic E-state index is 0.410. The van der Waals surface area contributed by atoms with Gasteiger partial charge in [-0.1, -0.05) is 36.4 Å². The fraction of sp³-hybridized carbons (Fsp3) is 0.400. The molecule has 0 radical (unpaired) electrons. The summed E-state index contributed by atoms with van der Waals surface area (Å²) in [4.78, 5) is 2.35. The number of hydrogen-bond acceptors (Lipinski definition) is 2. The fourth-order valence-corrected chi connectivity index (χ4v) is 3.15. The molecule has 1 fully saturated rings. The van der Waals surface area contributed by atoms with Gasteiger partial charge >= 0.3 is 0 Å². The second-order valence-electron chi connectivity index (χ2n) is 4.84. The Morgan fingerprint density at radius 3 is 2.71 bits per heavy atom. The molecule has 2 heteroatoms. The Hall–Kier alpha value is -1.75. The standard InChI is InChI=1S/C15H16N2/c16-11-14-8-4-7-13-9-10-15(17(13)14)12-5-2-1-3-6-12/h1-3,5-6,8,13,15H,4,7,9-10H2. The van der Waals surface area contributed by atoms with E-state index in [9.17, 15) is 5.26 Å². The van der Waals surface area contributed by atoms with Gasteiger partial charge in [-0.05, 0) is 31.2 Å². The van der Waals surface area contributed by atoms with Crippen LogP contribution in [0.3, 0.4) is 0 Å². The Morgan fingerprint density at radius 2 is 1.94 bits per heavy atom. The molecule has 0 aliphatic carbocycles. The van der Waals surface area contributed by atoms with Gasteiger partial charge in [0, 0.05) is 6.04 Å². The lowest BCUT2D eigenvalue weighted by atomic mass is 10.0. The molecule has 0 saturated carbocycles. The Kier molecular flexibility index (Phi) is 2.60. The van der Waals surface area contributed by atoms with Crippen LogP contribution in [-0.2, 0) is 0 Å². The van der Waals surface area contributed by atoms with Crippen molar-refractivity contribution in [3.05, 3.63) is 47.7 Å². The van der Waals surface area contributed by atoms with E-state index in [0.29, 0.717) is 12.1 Å². The molecule has 2 heterocycles. The van der Waals surface area contributed by atoms with Gasteiger partial charge in [0.2, 0.25) is 0 Å². The minimum absolute atomic E-state index is 0.410. The predicted molar refractivity (Wildman–Crippen MR) is 67.0 cm³/mol. The van der Waals surface area contributed by atoms with Crippen molar-refractivity contribution in [3.8, 4) is 6.07 Å². The average Bonchev–Trinajstić information content (AvgIpc) is 2.83. The number of hydrogen-bond donors (Lipinski definition) is 0. The molecule has 2 nitrogen and oxygen atoms in total. The topological polar surface area (TPSA) is 27.0 Å². The highest BCUT2D eigenvalue weighted by Crippen LogP contribution is 2.42. The van der Waals surface area contributed by atoms with Crippen LogP contribution >= 0.6 is 0 Å². The first-order valence-corrected chi connectivity index (χ1v) is 6.33. The van der Waals surface area contributed by atoms with E-state index in [1.807, 2.05) is 6.07 Å². The molecular weight excluding hydrogens is 208 g/mol. The van der Waals surface area contributed by atoms with Gasteiger partial charge in [-0.25, -0.2) is 0 Å². The lowest BCUT2D eigenvalue weighted by molar-refractivity contribution is 0.240. The van der Waals surface area contributed by atoms with Gasteiger partial charge in [-0.3, -0.25) is 0 Å². The number of nitriles is 1. The maximum Gasteiger partial charge on any atom is 0.117 e. The van der Waals surface area contributed by atoms with Gasteiger partial charge in [-0.15, -0.1) is 0 Å². The van der Waals surface area contributed by atoms with E-state index < -0.39 is 0 Å². The van der Waals surface area contributed by atoms with Crippen molar-refractivity contribution in [2.24, 2.45) is 0 Å². The second kappa shape index (κ2) is 4.25. The van der Waals surface area contributed by atoms with Crippen LogP contribution in [0.4, 0.5) is 0 Å². The van der Waals surface area contributed by atoms with Gasteiger partial charge in [-0.2, -0.15) is 5.26 Å². The minimum Gasteiger partial charge on any atom is -0.353 e. The molecule has 0 amide bonds. The van der Waals surface area contributed by atoms with E-state index >= 15 is 0 Å². The summed E-state index contributed by atoms with van der Waals surface area (Å²) in [6, 6.07) is 13.9. The van der Waals surface area contributed by atoms with Crippen molar-refractivity contribution in [2.45, 2.75) is 37.8 Å². The van der Waals surface area contributed by atoms with E-state index in [1.165, 1.54) is 24.8 Å². The van der Waals surface area contributed by atoms with Crippen LogP contribution < -0.4 is 0 Å². The number of benzene rings is 1. The highest BCUT2D eigenvalue weighted by molar-refractivity contribution is 5.30. The number of nitrogens with zero attached hydrogens (tertiary/aromatic N) is 2. The van der Waals surface area contributed by atoms with Crippen molar-refractivity contribution in [1.82, 2.24) is 4.90 Å². The number of fused-ring (bicyclic) bond motifs is 1. The van der Waals surface area contributed by atoms with Crippen LogP contribution in [0.2, 0.25) is 0 Å². The molecule has 1 aromatic rings. The molecule has 0 N–H and O–H groups in total. The summed E-state index contributed by atoms with van der Waals surface area (Å²) in [5, 5.41) is 9.24. The van der Waals surface area contributed by atoms with Gasteiger partial charge in [0.1, 0.15) is 11.8 Å². The summed E-state index contributed by atoms with van der Waals surface area (Å²) in [5.74, 6) is 0. The summed E-state index contributed by atoms with van der Waals surface area (Å²) >= 11 is 0. The molecule has 2 unspecified atom stereocenters. The molecule has 0 bridgehead atoms. The van der Waals surface area contributed by atoms with Gasteiger partial charge < -0.3 is 4.90 Å². The molecule has 17 heavy (non-hydrogen) atoms. The third-order valence-electron chi connectivity index (χ3n) is 3.92. The lowest BCUT2D eigenvalue weighted by Crippen LogP contribution is -2.32. The third kappa shape index (κ3) is 1.72. The monoisotopic (exact) mass is 224 g/mol. The first kappa shape index (κ1) is 10.4. The van der Waals surface area contributed by atoms with Crippen molar-refractivity contribution < 1.29 is 0 Å². The summed E-state index contributed by atoms with van der Waals surface area (Å²) in [5.41, 5.74) is 2.23. The third-order valence-corrected chi connectivity index (χ3v) is 3.92. The fourth-order valence-electron chi connectivity index (χ4n) is 3.15. The summed E-state index contributed by atoms with van der Waals surface area (Å²) in [6.45, 7) is 0. The predicted octanol–water partition coefficient (Wildman–Crippen LogP) is 3.39. The van der Waals surface area contributed by atoms with Crippen molar-refractivity contribution in [2.75, 3.05) is 0 Å². The summed E-state index contributed by atoms with van der Waals surface area (Å²) in [6.07, 6.45) is 6.75. The second-order valence-corrected chi connectivity index (χ2v) is 4.84. The molecule has 2 atom stereocenters. The molecule has 2 aliphatic heterocycles. The Balaban J connectivity index is 1.95. The smallest absolute Gasteiger partial charge is 0.117 e. The van der Waals surface area contributed by atoms with Crippen LogP contribution in [0, 0.1) is 11.3 Å². The van der Waals surface area contributed by atoms with Crippen molar-refractivity contribution in [1.29, 1.82) is 5.26 Å². The van der Waals surface area contributed by atoms with Gasteiger partial charge in [0.05, 0.1) is 6.04 Å². The molecule has 0 spiro atoms. The summed E-state index contributed by atoms with van der Waals surface area (Å²) in [7, 11) is 0. The Bertz CT molecular complexity index is 469. The first-order valence-electron chi connectivity index (χ1n) is 6.33. The quantitative estimate of drug-likeness (QED) is 0.731.